The van der Waals surface area contributed by atoms with Crippen molar-refractivity contribution in [1.29, 1.82) is 0 Å². The molecule has 3 rings (SSSR count). The number of H-pyrrole nitrogens is 1. The van der Waals surface area contributed by atoms with Gasteiger partial charge in [0.25, 0.3) is 5.91 Å². The highest BCUT2D eigenvalue weighted by Gasteiger charge is 2.26. The van der Waals surface area contributed by atoms with Gasteiger partial charge in [0.2, 0.25) is 5.95 Å². The molecule has 1 aliphatic rings. The molecule has 3 N–H and O–H groups in total. The van der Waals surface area contributed by atoms with Crippen molar-refractivity contribution in [1.82, 2.24) is 20.2 Å². The quantitative estimate of drug-likeness (QED) is 0.479. The van der Waals surface area contributed by atoms with Crippen LogP contribution in [0.1, 0.15) is 42.6 Å². The van der Waals surface area contributed by atoms with Gasteiger partial charge in [-0.2, -0.15) is 4.39 Å². The minimum atomic E-state index is -0.627. The van der Waals surface area contributed by atoms with Crippen molar-refractivity contribution in [3.05, 3.63) is 48.3 Å². The molecule has 7 nitrogen and oxygen atoms in total. The van der Waals surface area contributed by atoms with Gasteiger partial charge in [0.1, 0.15) is 5.69 Å². The van der Waals surface area contributed by atoms with E-state index in [9.17, 15) is 14.0 Å². The van der Waals surface area contributed by atoms with Gasteiger partial charge >= 0.3 is 6.03 Å². The second kappa shape index (κ2) is 9.87. The Hall–Kier alpha value is -2.90. The Morgan fingerprint density at radius 3 is 2.96 bits per heavy atom. The Labute approximate surface area is 163 Å². The van der Waals surface area contributed by atoms with Gasteiger partial charge in [-0.3, -0.25) is 4.79 Å². The lowest BCUT2D eigenvalue weighted by Gasteiger charge is -2.15. The van der Waals surface area contributed by atoms with E-state index in [1.54, 1.807) is 6.20 Å². The van der Waals surface area contributed by atoms with Crippen molar-refractivity contribution in [2.45, 2.75) is 32.1 Å². The van der Waals surface area contributed by atoms with Gasteiger partial charge in [-0.1, -0.05) is 12.8 Å². The zero-order valence-corrected chi connectivity index (χ0v) is 15.8. The summed E-state index contributed by atoms with van der Waals surface area (Å²) in [5.41, 5.74) is 1.03. The number of carbonyl (C=O) groups is 2. The number of halogens is 1. The predicted octanol–water partition coefficient (Wildman–Crippen LogP) is 3.39. The highest BCUT2D eigenvalue weighted by molar-refractivity contribution is 5.92. The number of likely N-dealkylation sites (tertiary alicyclic amines) is 1. The molecular weight excluding hydrogens is 361 g/mol. The third-order valence-corrected chi connectivity index (χ3v) is 4.96. The number of nitrogens with one attached hydrogen (secondary N) is 3. The lowest BCUT2D eigenvalue weighted by molar-refractivity contribution is 0.0781. The van der Waals surface area contributed by atoms with E-state index in [0.29, 0.717) is 23.8 Å². The van der Waals surface area contributed by atoms with Crippen molar-refractivity contribution in [3.8, 4) is 0 Å². The number of aromatic nitrogens is 2. The van der Waals surface area contributed by atoms with Crippen LogP contribution in [-0.4, -0.2) is 46.4 Å². The number of aromatic amines is 1. The van der Waals surface area contributed by atoms with Gasteiger partial charge < -0.3 is 20.5 Å². The Morgan fingerprint density at radius 2 is 2.18 bits per heavy atom. The summed E-state index contributed by atoms with van der Waals surface area (Å²) in [4.78, 5) is 32.4. The van der Waals surface area contributed by atoms with Gasteiger partial charge in [-0.15, -0.1) is 0 Å². The van der Waals surface area contributed by atoms with Crippen molar-refractivity contribution in [3.63, 3.8) is 0 Å². The van der Waals surface area contributed by atoms with Gasteiger partial charge in [-0.05, 0) is 43.4 Å². The number of hydrogen-bond acceptors (Lipinski definition) is 3. The number of rotatable bonds is 8. The molecule has 2 aromatic rings. The Morgan fingerprint density at radius 1 is 1.29 bits per heavy atom. The first-order valence-corrected chi connectivity index (χ1v) is 9.71. The van der Waals surface area contributed by atoms with E-state index < -0.39 is 5.95 Å². The predicted molar refractivity (Wildman–Crippen MR) is 104 cm³/mol. The molecule has 1 unspecified atom stereocenters. The summed E-state index contributed by atoms with van der Waals surface area (Å²) in [6, 6.07) is 6.01. The minimum absolute atomic E-state index is 0.0804. The second-order valence-electron chi connectivity index (χ2n) is 7.09. The molecule has 3 amide bonds. The van der Waals surface area contributed by atoms with Gasteiger partial charge in [0.15, 0.2) is 0 Å². The van der Waals surface area contributed by atoms with Crippen molar-refractivity contribution in [2.24, 2.45) is 5.92 Å². The second-order valence-corrected chi connectivity index (χ2v) is 7.09. The van der Waals surface area contributed by atoms with Crippen LogP contribution < -0.4 is 10.6 Å². The number of unbranched alkanes of at least 4 members (excludes halogenated alkanes) is 2. The Bertz CT molecular complexity index is 781. The van der Waals surface area contributed by atoms with Gasteiger partial charge in [0.05, 0.1) is 0 Å². The molecule has 0 radical (unpaired) electrons. The van der Waals surface area contributed by atoms with Crippen molar-refractivity contribution < 1.29 is 14.0 Å². The van der Waals surface area contributed by atoms with Crippen LogP contribution in [-0.2, 0) is 0 Å². The highest BCUT2D eigenvalue weighted by atomic mass is 19.1. The number of nitrogens with zero attached hydrogens (tertiary/aromatic N) is 2. The lowest BCUT2D eigenvalue weighted by Crippen LogP contribution is -2.29. The summed E-state index contributed by atoms with van der Waals surface area (Å²) in [6.45, 7) is 2.21. The first kappa shape index (κ1) is 19.9. The molecule has 0 aliphatic carbocycles. The molecule has 28 heavy (non-hydrogen) atoms. The normalized spacial score (nSPS) is 16.2. The summed E-state index contributed by atoms with van der Waals surface area (Å²) >= 11 is 0. The maximum Gasteiger partial charge on any atom is 0.319 e. The fourth-order valence-corrected chi connectivity index (χ4v) is 3.48. The van der Waals surface area contributed by atoms with E-state index in [-0.39, 0.29) is 11.9 Å². The van der Waals surface area contributed by atoms with Crippen LogP contribution in [0.25, 0.3) is 0 Å². The SMILES string of the molecule is O=C(NCCCCCC1CCN(C(=O)c2ccc[nH]2)C1)Nc1ccnc(F)c1. The van der Waals surface area contributed by atoms with Crippen LogP contribution in [0.15, 0.2) is 36.7 Å². The maximum absolute atomic E-state index is 13.0. The van der Waals surface area contributed by atoms with Crippen LogP contribution in [0.5, 0.6) is 0 Å². The first-order chi connectivity index (χ1) is 13.6. The van der Waals surface area contributed by atoms with E-state index >= 15 is 0 Å². The number of anilines is 1. The third-order valence-electron chi connectivity index (χ3n) is 4.96. The molecule has 150 valence electrons. The molecular formula is C20H26FN5O2. The molecule has 0 spiro atoms. The third kappa shape index (κ3) is 5.80. The van der Waals surface area contributed by atoms with Gasteiger partial charge in [-0.25, -0.2) is 9.78 Å². The maximum atomic E-state index is 13.0. The average molecular weight is 387 g/mol. The molecule has 0 saturated carbocycles. The smallest absolute Gasteiger partial charge is 0.319 e. The van der Waals surface area contributed by atoms with Crippen LogP contribution in [0.3, 0.4) is 0 Å². The number of hydrogen-bond donors (Lipinski definition) is 3. The summed E-state index contributed by atoms with van der Waals surface area (Å²) in [5.74, 6) is 0.00595. The summed E-state index contributed by atoms with van der Waals surface area (Å²) in [6.07, 6.45) is 8.20. The molecule has 3 heterocycles. The van der Waals surface area contributed by atoms with Crippen molar-refractivity contribution in [2.75, 3.05) is 25.0 Å². The van der Waals surface area contributed by atoms with Crippen LogP contribution in [0, 0.1) is 11.9 Å². The van der Waals surface area contributed by atoms with Crippen LogP contribution in [0.4, 0.5) is 14.9 Å². The summed E-state index contributed by atoms with van der Waals surface area (Å²) < 4.78 is 13.0. The van der Waals surface area contributed by atoms with Gasteiger partial charge in [0, 0.05) is 43.8 Å². The first-order valence-electron chi connectivity index (χ1n) is 9.71. The standard InChI is InChI=1S/C20H26FN5O2/c21-18-13-16(7-11-23-18)25-20(28)24-9-3-1-2-5-15-8-12-26(14-15)19(27)17-6-4-10-22-17/h4,6-7,10-11,13,15,22H,1-3,5,8-9,12,14H2,(H2,23,24,25,28). The molecule has 0 bridgehead atoms. The largest absolute Gasteiger partial charge is 0.357 e. The van der Waals surface area contributed by atoms with E-state index in [1.165, 1.54) is 18.3 Å². The van der Waals surface area contributed by atoms with Crippen molar-refractivity contribution >= 4 is 17.6 Å². The molecule has 0 aromatic carbocycles. The molecule has 2 aromatic heterocycles. The summed E-state index contributed by atoms with van der Waals surface area (Å²) in [5, 5.41) is 5.34. The number of carbonyl (C=O) groups excluding carboxylic acids is 2. The topological polar surface area (TPSA) is 90.1 Å². The monoisotopic (exact) mass is 387 g/mol. The molecule has 1 saturated heterocycles. The van der Waals surface area contributed by atoms with E-state index in [2.05, 4.69) is 20.6 Å². The van der Waals surface area contributed by atoms with E-state index in [4.69, 9.17) is 0 Å². The molecule has 1 atom stereocenters. The fourth-order valence-electron chi connectivity index (χ4n) is 3.48. The minimum Gasteiger partial charge on any atom is -0.357 e. The van der Waals surface area contributed by atoms with Crippen LogP contribution >= 0.6 is 0 Å². The number of urea groups is 1. The highest BCUT2D eigenvalue weighted by Crippen LogP contribution is 2.23. The zero-order valence-electron chi connectivity index (χ0n) is 15.8. The summed E-state index contributed by atoms with van der Waals surface area (Å²) in [7, 11) is 0. The Balaban J connectivity index is 1.24. The average Bonchev–Trinajstić information content (AvgIpc) is 3.36. The molecule has 1 aliphatic heterocycles. The van der Waals surface area contributed by atoms with Crippen LogP contribution in [0.2, 0.25) is 0 Å². The molecule has 1 fully saturated rings. The number of pyridine rings is 1. The molecule has 8 heteroatoms. The lowest BCUT2D eigenvalue weighted by atomic mass is 10.0. The fraction of sp³-hybridized carbons (Fsp3) is 0.450. The van der Waals surface area contributed by atoms with E-state index in [0.717, 1.165) is 45.2 Å². The Kier molecular flexibility index (Phi) is 7.00. The zero-order chi connectivity index (χ0) is 19.8. The number of amides is 3. The van der Waals surface area contributed by atoms with E-state index in [1.807, 2.05) is 17.0 Å².